The Morgan fingerprint density at radius 1 is 1.20 bits per heavy atom. The maximum Gasteiger partial charge on any atom is 0.234 e. The minimum absolute atomic E-state index is 0.0946. The quantitative estimate of drug-likeness (QED) is 0.443. The first-order chi connectivity index (χ1) is 14.4. The second-order valence-electron chi connectivity index (χ2n) is 6.59. The number of nitrogens with one attached hydrogen (secondary N) is 1. The van der Waals surface area contributed by atoms with Gasteiger partial charge < -0.3 is 14.6 Å². The van der Waals surface area contributed by atoms with Crippen LogP contribution in [0, 0.1) is 13.8 Å². The van der Waals surface area contributed by atoms with Crippen molar-refractivity contribution in [1.29, 1.82) is 0 Å². The Morgan fingerprint density at radius 3 is 2.77 bits per heavy atom. The van der Waals surface area contributed by atoms with Crippen LogP contribution >= 0.6 is 35.0 Å². The lowest BCUT2D eigenvalue weighted by Gasteiger charge is -2.11. The Hall–Kier alpha value is -2.22. The van der Waals surface area contributed by atoms with Crippen molar-refractivity contribution in [2.45, 2.75) is 39.1 Å². The molecular formula is C21H22Cl2N4O2S. The summed E-state index contributed by atoms with van der Waals surface area (Å²) in [5.74, 6) is 1.26. The van der Waals surface area contributed by atoms with Crippen molar-refractivity contribution >= 4 is 46.6 Å². The molecule has 0 aliphatic heterocycles. The highest BCUT2D eigenvalue weighted by molar-refractivity contribution is 7.99. The molecule has 0 unspecified atom stereocenters. The predicted molar refractivity (Wildman–Crippen MR) is 122 cm³/mol. The molecule has 0 radical (unpaired) electrons. The fourth-order valence-electron chi connectivity index (χ4n) is 2.78. The van der Waals surface area contributed by atoms with Gasteiger partial charge in [-0.3, -0.25) is 4.79 Å². The number of hydrogen-bond acceptors (Lipinski definition) is 5. The third-order valence-corrected chi connectivity index (χ3v) is 6.08. The summed E-state index contributed by atoms with van der Waals surface area (Å²) in [7, 11) is 0. The number of anilines is 1. The van der Waals surface area contributed by atoms with Crippen LogP contribution in [0.25, 0.3) is 0 Å². The Kier molecular flexibility index (Phi) is 7.64. The predicted octanol–water partition coefficient (Wildman–Crippen LogP) is 5.53. The number of halogens is 2. The lowest BCUT2D eigenvalue weighted by molar-refractivity contribution is -0.113. The summed E-state index contributed by atoms with van der Waals surface area (Å²) in [6, 6.07) is 10.9. The summed E-state index contributed by atoms with van der Waals surface area (Å²) in [4.78, 5) is 12.4. The molecule has 0 aliphatic carbocycles. The summed E-state index contributed by atoms with van der Waals surface area (Å²) in [5.41, 5.74) is 3.02. The van der Waals surface area contributed by atoms with Crippen LogP contribution in [0.2, 0.25) is 10.0 Å². The molecule has 0 spiro atoms. The SMILES string of the molecule is CCn1c(COc2cc(Cl)ccc2Cl)nnc1SCC(=O)Nc1cccc(C)c1C. The maximum atomic E-state index is 12.4. The average Bonchev–Trinajstić information content (AvgIpc) is 3.12. The molecule has 0 bridgehead atoms. The molecule has 0 saturated carbocycles. The first kappa shape index (κ1) is 22.5. The topological polar surface area (TPSA) is 69.0 Å². The van der Waals surface area contributed by atoms with Crippen molar-refractivity contribution in [2.24, 2.45) is 0 Å². The fraction of sp³-hybridized carbons (Fsp3) is 0.286. The van der Waals surface area contributed by atoms with Crippen LogP contribution < -0.4 is 10.1 Å². The van der Waals surface area contributed by atoms with Crippen molar-refractivity contribution in [3.05, 3.63) is 63.4 Å². The number of ether oxygens (including phenoxy) is 1. The zero-order chi connectivity index (χ0) is 21.7. The number of aromatic nitrogens is 3. The fourth-order valence-corrected chi connectivity index (χ4v) is 3.94. The first-order valence-electron chi connectivity index (χ1n) is 9.37. The van der Waals surface area contributed by atoms with Gasteiger partial charge in [-0.15, -0.1) is 10.2 Å². The average molecular weight is 465 g/mol. The van der Waals surface area contributed by atoms with Gasteiger partial charge in [0.2, 0.25) is 5.91 Å². The highest BCUT2D eigenvalue weighted by atomic mass is 35.5. The molecule has 158 valence electrons. The highest BCUT2D eigenvalue weighted by Crippen LogP contribution is 2.28. The van der Waals surface area contributed by atoms with Crippen LogP contribution in [0.3, 0.4) is 0 Å². The molecule has 0 aliphatic rings. The molecule has 0 fully saturated rings. The van der Waals surface area contributed by atoms with Gasteiger partial charge >= 0.3 is 0 Å². The molecule has 9 heteroatoms. The Bertz CT molecular complexity index is 1060. The molecule has 1 aromatic heterocycles. The van der Waals surface area contributed by atoms with E-state index in [1.54, 1.807) is 18.2 Å². The standard InChI is InChI=1S/C21H22Cl2N4O2S/c1-4-27-19(11-29-18-10-15(22)8-9-16(18)23)25-26-21(27)30-12-20(28)24-17-7-5-6-13(2)14(17)3/h5-10H,4,11-12H2,1-3H3,(H,24,28). The second-order valence-corrected chi connectivity index (χ2v) is 8.38. The van der Waals surface area contributed by atoms with E-state index in [1.807, 2.05) is 43.5 Å². The monoisotopic (exact) mass is 464 g/mol. The molecular weight excluding hydrogens is 443 g/mol. The molecule has 3 aromatic rings. The molecule has 1 heterocycles. The minimum atomic E-state index is -0.0946. The van der Waals surface area contributed by atoms with Gasteiger partial charge in [-0.25, -0.2) is 0 Å². The second kappa shape index (κ2) is 10.2. The number of thioether (sulfide) groups is 1. The van der Waals surface area contributed by atoms with Crippen LogP contribution in [-0.2, 0) is 17.9 Å². The van der Waals surface area contributed by atoms with Gasteiger partial charge in [0.15, 0.2) is 11.0 Å². The summed E-state index contributed by atoms with van der Waals surface area (Å²) in [5, 5.41) is 13.0. The van der Waals surface area contributed by atoms with Crippen LogP contribution in [0.5, 0.6) is 5.75 Å². The number of carbonyl (C=O) groups excluding carboxylic acids is 1. The smallest absolute Gasteiger partial charge is 0.234 e. The van der Waals surface area contributed by atoms with Gasteiger partial charge in [-0.1, -0.05) is 47.1 Å². The number of carbonyl (C=O) groups is 1. The lowest BCUT2D eigenvalue weighted by atomic mass is 10.1. The van der Waals surface area contributed by atoms with Crippen LogP contribution in [-0.4, -0.2) is 26.4 Å². The van der Waals surface area contributed by atoms with E-state index in [0.29, 0.717) is 33.3 Å². The molecule has 6 nitrogen and oxygen atoms in total. The zero-order valence-corrected chi connectivity index (χ0v) is 19.2. The van der Waals surface area contributed by atoms with Crippen molar-refractivity contribution < 1.29 is 9.53 Å². The first-order valence-corrected chi connectivity index (χ1v) is 11.1. The van der Waals surface area contributed by atoms with E-state index in [0.717, 1.165) is 16.8 Å². The summed E-state index contributed by atoms with van der Waals surface area (Å²) < 4.78 is 7.67. The minimum Gasteiger partial charge on any atom is -0.484 e. The van der Waals surface area contributed by atoms with E-state index in [9.17, 15) is 4.79 Å². The third-order valence-electron chi connectivity index (χ3n) is 4.57. The van der Waals surface area contributed by atoms with E-state index in [4.69, 9.17) is 27.9 Å². The van der Waals surface area contributed by atoms with Crippen molar-refractivity contribution in [3.8, 4) is 5.75 Å². The van der Waals surface area contributed by atoms with Gasteiger partial charge in [0.1, 0.15) is 12.4 Å². The van der Waals surface area contributed by atoms with E-state index in [1.165, 1.54) is 11.8 Å². The Balaban J connectivity index is 1.62. The van der Waals surface area contributed by atoms with Gasteiger partial charge in [-0.05, 0) is 50.1 Å². The summed E-state index contributed by atoms with van der Waals surface area (Å²) >= 11 is 13.5. The van der Waals surface area contributed by atoms with Crippen LogP contribution in [0.15, 0.2) is 41.6 Å². The molecule has 3 rings (SSSR count). The van der Waals surface area contributed by atoms with E-state index in [-0.39, 0.29) is 18.3 Å². The van der Waals surface area contributed by atoms with Gasteiger partial charge in [0, 0.05) is 23.3 Å². The molecule has 1 N–H and O–H groups in total. The van der Waals surface area contributed by atoms with E-state index in [2.05, 4.69) is 15.5 Å². The number of benzene rings is 2. The van der Waals surface area contributed by atoms with Crippen molar-refractivity contribution in [3.63, 3.8) is 0 Å². The molecule has 0 atom stereocenters. The van der Waals surface area contributed by atoms with Crippen LogP contribution in [0.1, 0.15) is 23.9 Å². The van der Waals surface area contributed by atoms with E-state index >= 15 is 0 Å². The van der Waals surface area contributed by atoms with Crippen molar-refractivity contribution in [1.82, 2.24) is 14.8 Å². The Morgan fingerprint density at radius 2 is 2.00 bits per heavy atom. The molecule has 2 aromatic carbocycles. The van der Waals surface area contributed by atoms with Crippen molar-refractivity contribution in [2.75, 3.05) is 11.1 Å². The normalized spacial score (nSPS) is 10.8. The zero-order valence-electron chi connectivity index (χ0n) is 16.9. The number of nitrogens with zero attached hydrogens (tertiary/aromatic N) is 3. The summed E-state index contributed by atoms with van der Waals surface area (Å²) in [6.45, 7) is 6.83. The lowest BCUT2D eigenvalue weighted by Crippen LogP contribution is -2.16. The van der Waals surface area contributed by atoms with Gasteiger partial charge in [0.25, 0.3) is 0 Å². The third kappa shape index (κ3) is 5.47. The van der Waals surface area contributed by atoms with Crippen LogP contribution in [0.4, 0.5) is 5.69 Å². The number of aryl methyl sites for hydroxylation is 1. The molecule has 1 amide bonds. The molecule has 30 heavy (non-hydrogen) atoms. The molecule has 0 saturated heterocycles. The van der Waals surface area contributed by atoms with E-state index < -0.39 is 0 Å². The van der Waals surface area contributed by atoms with Gasteiger partial charge in [-0.2, -0.15) is 0 Å². The highest BCUT2D eigenvalue weighted by Gasteiger charge is 2.15. The largest absolute Gasteiger partial charge is 0.484 e. The van der Waals surface area contributed by atoms with Gasteiger partial charge in [0.05, 0.1) is 10.8 Å². The Labute approximate surface area is 189 Å². The number of amides is 1. The number of rotatable bonds is 8. The maximum absolute atomic E-state index is 12.4. The summed E-state index contributed by atoms with van der Waals surface area (Å²) in [6.07, 6.45) is 0. The number of hydrogen-bond donors (Lipinski definition) is 1.